The fourth-order valence-corrected chi connectivity index (χ4v) is 1.53. The molecule has 0 saturated heterocycles. The Hall–Kier alpha value is -2.50. The number of hydrogen-bond donors (Lipinski definition) is 1. The molecule has 0 unspecified atom stereocenters. The predicted molar refractivity (Wildman–Crippen MR) is 64.4 cm³/mol. The third-order valence-electron chi connectivity index (χ3n) is 2.49. The molecule has 0 radical (unpaired) electrons. The van der Waals surface area contributed by atoms with Gasteiger partial charge >= 0.3 is 5.97 Å². The smallest absolute Gasteiger partial charge is 0.341 e. The molecule has 2 rings (SSSR count). The molecule has 0 aliphatic heterocycles. The van der Waals surface area contributed by atoms with Crippen LogP contribution >= 0.6 is 0 Å². The zero-order valence-electron chi connectivity index (χ0n) is 10.1. The minimum atomic E-state index is -1.29. The van der Waals surface area contributed by atoms with E-state index in [2.05, 4.69) is 9.97 Å². The maximum atomic E-state index is 13.0. The van der Waals surface area contributed by atoms with Gasteiger partial charge in [-0.15, -0.1) is 0 Å². The Balaban J connectivity index is 2.26. The summed E-state index contributed by atoms with van der Waals surface area (Å²) in [6.07, 6.45) is 3.70. The van der Waals surface area contributed by atoms with Gasteiger partial charge in [0, 0.05) is 18.0 Å². The number of aromatic carboxylic acids is 1. The molecule has 0 amide bonds. The second-order valence-electron chi connectivity index (χ2n) is 3.86. The summed E-state index contributed by atoms with van der Waals surface area (Å²) in [4.78, 5) is 18.6. The van der Waals surface area contributed by atoms with E-state index in [9.17, 15) is 9.18 Å². The van der Waals surface area contributed by atoms with Crippen molar-refractivity contribution < 1.29 is 19.0 Å². The summed E-state index contributed by atoms with van der Waals surface area (Å²) in [7, 11) is 0. The number of halogens is 1. The van der Waals surface area contributed by atoms with Gasteiger partial charge in [-0.3, -0.25) is 4.98 Å². The van der Waals surface area contributed by atoms with E-state index in [1.54, 1.807) is 31.5 Å². The van der Waals surface area contributed by atoms with Crippen molar-refractivity contribution in [1.82, 2.24) is 9.97 Å². The summed E-state index contributed by atoms with van der Waals surface area (Å²) in [5.74, 6) is -2.13. The molecule has 5 nitrogen and oxygen atoms in total. The molecular weight excluding hydrogens is 251 g/mol. The highest BCUT2D eigenvalue weighted by atomic mass is 19.1. The Bertz CT molecular complexity index is 590. The van der Waals surface area contributed by atoms with E-state index >= 15 is 0 Å². The molecule has 0 bridgehead atoms. The van der Waals surface area contributed by atoms with Crippen molar-refractivity contribution in [3.63, 3.8) is 0 Å². The first kappa shape index (κ1) is 12.9. The van der Waals surface area contributed by atoms with Crippen LogP contribution in [0.4, 0.5) is 4.39 Å². The van der Waals surface area contributed by atoms with Crippen LogP contribution in [0.2, 0.25) is 0 Å². The van der Waals surface area contributed by atoms with E-state index in [0.29, 0.717) is 0 Å². The molecule has 1 N–H and O–H groups in total. The normalized spacial score (nSPS) is 11.9. The molecule has 0 aliphatic carbocycles. The van der Waals surface area contributed by atoms with E-state index < -0.39 is 17.9 Å². The van der Waals surface area contributed by atoms with Gasteiger partial charge < -0.3 is 9.84 Å². The number of rotatable bonds is 4. The molecule has 6 heteroatoms. The van der Waals surface area contributed by atoms with Gasteiger partial charge in [0.1, 0.15) is 17.5 Å². The standard InChI is InChI=1S/C13H11FN2O3/c1-8(9-3-2-4-15-6-9)19-12-11(13(17)18)5-10(14)7-16-12/h2-8H,1H3,(H,17,18)/t8-/m1/s1. The molecule has 2 aromatic rings. The lowest BCUT2D eigenvalue weighted by Gasteiger charge is -2.15. The topological polar surface area (TPSA) is 72.3 Å². The number of pyridine rings is 2. The lowest BCUT2D eigenvalue weighted by Crippen LogP contribution is -2.09. The first-order valence-corrected chi connectivity index (χ1v) is 5.53. The fourth-order valence-electron chi connectivity index (χ4n) is 1.53. The van der Waals surface area contributed by atoms with Crippen LogP contribution in [0.3, 0.4) is 0 Å². The van der Waals surface area contributed by atoms with E-state index in [1.807, 2.05) is 0 Å². The van der Waals surface area contributed by atoms with Crippen molar-refractivity contribution in [3.8, 4) is 5.88 Å². The molecule has 98 valence electrons. The molecule has 2 aromatic heterocycles. The van der Waals surface area contributed by atoms with Crippen molar-refractivity contribution in [2.75, 3.05) is 0 Å². The lowest BCUT2D eigenvalue weighted by molar-refractivity contribution is 0.0687. The molecule has 0 aromatic carbocycles. The van der Waals surface area contributed by atoms with Crippen LogP contribution in [0.5, 0.6) is 5.88 Å². The zero-order chi connectivity index (χ0) is 13.8. The second kappa shape index (κ2) is 5.43. The third kappa shape index (κ3) is 3.04. The monoisotopic (exact) mass is 262 g/mol. The van der Waals surface area contributed by atoms with E-state index in [4.69, 9.17) is 9.84 Å². The van der Waals surface area contributed by atoms with Crippen LogP contribution in [-0.2, 0) is 0 Å². The van der Waals surface area contributed by atoms with Gasteiger partial charge in [0.2, 0.25) is 5.88 Å². The van der Waals surface area contributed by atoms with Crippen molar-refractivity contribution >= 4 is 5.97 Å². The SMILES string of the molecule is C[C@@H](Oc1ncc(F)cc1C(=O)O)c1cccnc1. The minimum Gasteiger partial charge on any atom is -0.477 e. The van der Waals surface area contributed by atoms with E-state index in [1.165, 1.54) is 0 Å². The molecule has 0 aliphatic rings. The molecule has 2 heterocycles. The van der Waals surface area contributed by atoms with Gasteiger partial charge in [0.15, 0.2) is 0 Å². The number of carboxylic acids is 1. The highest BCUT2D eigenvalue weighted by Gasteiger charge is 2.17. The maximum absolute atomic E-state index is 13.0. The summed E-state index contributed by atoms with van der Waals surface area (Å²) >= 11 is 0. The number of aromatic nitrogens is 2. The predicted octanol–water partition coefficient (Wildman–Crippen LogP) is 2.45. The Morgan fingerprint density at radius 2 is 2.26 bits per heavy atom. The van der Waals surface area contributed by atoms with E-state index in [0.717, 1.165) is 17.8 Å². The Kier molecular flexibility index (Phi) is 3.70. The molecular formula is C13H11FN2O3. The molecule has 0 spiro atoms. The average molecular weight is 262 g/mol. The van der Waals surface area contributed by atoms with Crippen LogP contribution in [0.25, 0.3) is 0 Å². The van der Waals surface area contributed by atoms with Crippen molar-refractivity contribution in [3.05, 3.63) is 53.7 Å². The van der Waals surface area contributed by atoms with Crippen LogP contribution in [0, 0.1) is 5.82 Å². The van der Waals surface area contributed by atoms with Gasteiger partial charge in [-0.05, 0) is 19.1 Å². The summed E-state index contributed by atoms with van der Waals surface area (Å²) < 4.78 is 18.4. The van der Waals surface area contributed by atoms with Crippen LogP contribution in [0.1, 0.15) is 28.9 Å². The molecule has 19 heavy (non-hydrogen) atoms. The van der Waals surface area contributed by atoms with Gasteiger partial charge in [-0.25, -0.2) is 14.2 Å². The average Bonchev–Trinajstić information content (AvgIpc) is 2.41. The number of hydrogen-bond acceptors (Lipinski definition) is 4. The highest BCUT2D eigenvalue weighted by Crippen LogP contribution is 2.23. The Morgan fingerprint density at radius 3 is 2.89 bits per heavy atom. The molecule has 1 atom stereocenters. The highest BCUT2D eigenvalue weighted by molar-refractivity contribution is 5.90. The van der Waals surface area contributed by atoms with Crippen molar-refractivity contribution in [2.45, 2.75) is 13.0 Å². The van der Waals surface area contributed by atoms with Gasteiger partial charge in [0.05, 0.1) is 6.20 Å². The minimum absolute atomic E-state index is 0.120. The van der Waals surface area contributed by atoms with Gasteiger partial charge in [-0.2, -0.15) is 0 Å². The summed E-state index contributed by atoms with van der Waals surface area (Å²) in [5, 5.41) is 8.97. The summed E-state index contributed by atoms with van der Waals surface area (Å²) in [5.41, 5.74) is 0.459. The summed E-state index contributed by atoms with van der Waals surface area (Å²) in [6.45, 7) is 1.73. The van der Waals surface area contributed by atoms with Gasteiger partial charge in [-0.1, -0.05) is 6.07 Å². The summed E-state index contributed by atoms with van der Waals surface area (Å²) in [6, 6.07) is 4.41. The van der Waals surface area contributed by atoms with Gasteiger partial charge in [0.25, 0.3) is 0 Å². The second-order valence-corrected chi connectivity index (χ2v) is 3.86. The van der Waals surface area contributed by atoms with Crippen molar-refractivity contribution in [1.29, 1.82) is 0 Å². The van der Waals surface area contributed by atoms with Crippen LogP contribution in [0.15, 0.2) is 36.8 Å². The number of carbonyl (C=O) groups is 1. The van der Waals surface area contributed by atoms with E-state index in [-0.39, 0.29) is 11.4 Å². The quantitative estimate of drug-likeness (QED) is 0.916. The Morgan fingerprint density at radius 1 is 1.47 bits per heavy atom. The first-order valence-electron chi connectivity index (χ1n) is 5.53. The molecule has 0 saturated carbocycles. The van der Waals surface area contributed by atoms with Crippen molar-refractivity contribution in [2.24, 2.45) is 0 Å². The third-order valence-corrected chi connectivity index (χ3v) is 2.49. The number of carboxylic acid groups (broad SMARTS) is 1. The first-order chi connectivity index (χ1) is 9.08. The van der Waals surface area contributed by atoms with Crippen LogP contribution in [-0.4, -0.2) is 21.0 Å². The number of ether oxygens (including phenoxy) is 1. The molecule has 0 fully saturated rings. The number of nitrogens with zero attached hydrogens (tertiary/aromatic N) is 2. The maximum Gasteiger partial charge on any atom is 0.341 e. The zero-order valence-corrected chi connectivity index (χ0v) is 10.1. The lowest BCUT2D eigenvalue weighted by atomic mass is 10.2. The van der Waals surface area contributed by atoms with Crippen LogP contribution < -0.4 is 4.74 Å². The Labute approximate surface area is 108 Å². The largest absolute Gasteiger partial charge is 0.477 e. The fraction of sp³-hybridized carbons (Fsp3) is 0.154.